The summed E-state index contributed by atoms with van der Waals surface area (Å²) in [7, 11) is 1.58. The van der Waals surface area contributed by atoms with Crippen molar-refractivity contribution in [3.63, 3.8) is 0 Å². The van der Waals surface area contributed by atoms with Crippen molar-refractivity contribution < 1.29 is 4.74 Å². The average molecular weight is 339 g/mol. The quantitative estimate of drug-likeness (QED) is 0.728. The van der Waals surface area contributed by atoms with Crippen LogP contribution in [-0.2, 0) is 12.8 Å². The van der Waals surface area contributed by atoms with Gasteiger partial charge in [0.2, 0.25) is 0 Å². The first-order valence-electron chi connectivity index (χ1n) is 8.00. The molecule has 0 radical (unpaired) electrons. The number of para-hydroxylation sites is 2. The van der Waals surface area contributed by atoms with Gasteiger partial charge in [-0.2, -0.15) is 0 Å². The van der Waals surface area contributed by atoms with Gasteiger partial charge in [0.15, 0.2) is 4.77 Å². The fourth-order valence-electron chi connectivity index (χ4n) is 3.30. The largest absolute Gasteiger partial charge is 0.495 e. The summed E-state index contributed by atoms with van der Waals surface area (Å²) in [5.74, 6) is 0.601. The van der Waals surface area contributed by atoms with Gasteiger partial charge in [-0.15, -0.1) is 0 Å². The number of nitrogens with zero attached hydrogens (tertiary/aromatic N) is 2. The summed E-state index contributed by atoms with van der Waals surface area (Å²) in [6.45, 7) is 0. The van der Waals surface area contributed by atoms with Crippen LogP contribution in [0.4, 0.5) is 0 Å². The number of methoxy groups -OCH3 is 1. The lowest BCUT2D eigenvalue weighted by molar-refractivity contribution is 0.412. The highest BCUT2D eigenvalue weighted by Gasteiger charge is 2.16. The van der Waals surface area contributed by atoms with Crippen molar-refractivity contribution >= 4 is 23.3 Å². The highest BCUT2D eigenvalue weighted by molar-refractivity contribution is 7.71. The van der Waals surface area contributed by atoms with Crippen LogP contribution in [0.2, 0.25) is 0 Å². The molecule has 0 unspecified atom stereocenters. The zero-order valence-corrected chi connectivity index (χ0v) is 14.2. The van der Waals surface area contributed by atoms with E-state index in [1.54, 1.807) is 7.11 Å². The number of benzene rings is 1. The zero-order chi connectivity index (χ0) is 16.7. The highest BCUT2D eigenvalue weighted by atomic mass is 32.1. The molecule has 0 saturated heterocycles. The number of hydrogen-bond acceptors (Lipinski definition) is 4. The number of nitrogens with one attached hydrogen (secondary N) is 1. The molecule has 5 nitrogen and oxygen atoms in total. The second kappa shape index (κ2) is 5.87. The van der Waals surface area contributed by atoms with E-state index < -0.39 is 0 Å². The van der Waals surface area contributed by atoms with Gasteiger partial charge in [0.05, 0.1) is 18.2 Å². The Morgan fingerprint density at radius 1 is 1.25 bits per heavy atom. The Kier molecular flexibility index (Phi) is 3.69. The van der Waals surface area contributed by atoms with Gasteiger partial charge in [-0.25, -0.2) is 9.55 Å². The monoisotopic (exact) mass is 339 g/mol. The number of aromatic nitrogens is 3. The minimum Gasteiger partial charge on any atom is -0.495 e. The van der Waals surface area contributed by atoms with Crippen molar-refractivity contribution in [1.29, 1.82) is 0 Å². The lowest BCUT2D eigenvalue weighted by Gasteiger charge is -2.16. The van der Waals surface area contributed by atoms with Gasteiger partial charge in [0.25, 0.3) is 5.56 Å². The average Bonchev–Trinajstić information content (AvgIpc) is 2.61. The van der Waals surface area contributed by atoms with Gasteiger partial charge >= 0.3 is 0 Å². The fraction of sp³-hybridized carbons (Fsp3) is 0.278. The molecule has 0 amide bonds. The minimum atomic E-state index is -0.167. The van der Waals surface area contributed by atoms with Crippen molar-refractivity contribution in [1.82, 2.24) is 14.5 Å². The van der Waals surface area contributed by atoms with Crippen molar-refractivity contribution in [2.45, 2.75) is 25.7 Å². The molecule has 1 aromatic carbocycles. The molecule has 6 heteroatoms. The van der Waals surface area contributed by atoms with E-state index in [0.717, 1.165) is 31.4 Å². The number of aromatic amines is 1. The van der Waals surface area contributed by atoms with Gasteiger partial charge < -0.3 is 9.72 Å². The van der Waals surface area contributed by atoms with Crippen LogP contribution in [0.25, 0.3) is 16.7 Å². The number of hydrogen-bond donors (Lipinski definition) is 1. The predicted octanol–water partition coefficient (Wildman–Crippen LogP) is 3.33. The van der Waals surface area contributed by atoms with E-state index in [2.05, 4.69) is 9.97 Å². The van der Waals surface area contributed by atoms with E-state index >= 15 is 0 Å². The first kappa shape index (κ1) is 15.1. The van der Waals surface area contributed by atoms with Crippen LogP contribution in [0.3, 0.4) is 0 Å². The predicted molar refractivity (Wildman–Crippen MR) is 95.7 cm³/mol. The number of rotatable bonds is 2. The minimum absolute atomic E-state index is 0.167. The van der Waals surface area contributed by atoms with E-state index in [1.165, 1.54) is 10.1 Å². The lowest BCUT2D eigenvalue weighted by atomic mass is 9.95. The summed E-state index contributed by atoms with van der Waals surface area (Å²) < 4.78 is 7.18. The van der Waals surface area contributed by atoms with Crippen LogP contribution in [0.15, 0.2) is 35.1 Å². The number of fused-ring (bicyclic) bond motifs is 2. The van der Waals surface area contributed by atoms with E-state index in [4.69, 9.17) is 17.0 Å². The number of aryl methyl sites for hydroxylation is 2. The second-order valence-corrected chi connectivity index (χ2v) is 6.33. The zero-order valence-electron chi connectivity index (χ0n) is 13.3. The molecule has 0 spiro atoms. The molecule has 2 heterocycles. The fourth-order valence-corrected chi connectivity index (χ4v) is 3.57. The molecule has 122 valence electrons. The molecule has 4 rings (SSSR count). The van der Waals surface area contributed by atoms with Gasteiger partial charge in [-0.1, -0.05) is 12.1 Å². The number of ether oxygens (including phenoxy) is 1. The Morgan fingerprint density at radius 3 is 2.88 bits per heavy atom. The van der Waals surface area contributed by atoms with E-state index in [9.17, 15) is 4.79 Å². The molecule has 1 aliphatic carbocycles. The molecule has 2 aromatic heterocycles. The molecule has 0 fully saturated rings. The number of pyridine rings is 1. The summed E-state index contributed by atoms with van der Waals surface area (Å²) in [6.07, 6.45) is 4.22. The normalized spacial score (nSPS) is 13.7. The van der Waals surface area contributed by atoms with Crippen LogP contribution < -0.4 is 10.3 Å². The molecule has 1 N–H and O–H groups in total. The third-order valence-electron chi connectivity index (χ3n) is 4.49. The van der Waals surface area contributed by atoms with Crippen molar-refractivity contribution in [3.05, 3.63) is 56.7 Å². The SMILES string of the molecule is COc1ccccc1-n1c(=S)[nH]c2nc3c(cc2c1=O)CCCC3. The van der Waals surface area contributed by atoms with Gasteiger partial charge in [-0.3, -0.25) is 4.79 Å². The Balaban J connectivity index is 2.04. The smallest absolute Gasteiger partial charge is 0.268 e. The van der Waals surface area contributed by atoms with Gasteiger partial charge in [-0.05, 0) is 61.7 Å². The first-order chi connectivity index (χ1) is 11.7. The third kappa shape index (κ3) is 2.34. The lowest BCUT2D eigenvalue weighted by Crippen LogP contribution is -2.22. The first-order valence-corrected chi connectivity index (χ1v) is 8.41. The summed E-state index contributed by atoms with van der Waals surface area (Å²) in [5, 5.41) is 0.565. The molecule has 0 saturated carbocycles. The topological polar surface area (TPSA) is 59.9 Å². The van der Waals surface area contributed by atoms with Crippen molar-refractivity contribution in [3.8, 4) is 11.4 Å². The molecule has 3 aromatic rings. The Bertz CT molecular complexity index is 1050. The van der Waals surface area contributed by atoms with Crippen LogP contribution in [0.5, 0.6) is 5.75 Å². The second-order valence-electron chi connectivity index (χ2n) is 5.94. The Morgan fingerprint density at radius 2 is 2.04 bits per heavy atom. The van der Waals surface area contributed by atoms with E-state index in [-0.39, 0.29) is 5.56 Å². The van der Waals surface area contributed by atoms with E-state index in [0.29, 0.717) is 27.2 Å². The molecule has 0 atom stereocenters. The summed E-state index contributed by atoms with van der Waals surface area (Å²) >= 11 is 5.42. The van der Waals surface area contributed by atoms with Crippen LogP contribution >= 0.6 is 12.2 Å². The molecule has 0 aliphatic heterocycles. The van der Waals surface area contributed by atoms with Crippen LogP contribution in [0, 0.1) is 4.77 Å². The number of H-pyrrole nitrogens is 1. The standard InChI is InChI=1S/C18H17N3O2S/c1-23-15-9-5-4-8-14(15)21-17(22)12-10-11-6-2-3-7-13(11)19-16(12)20-18(21)24/h4-5,8-10H,2-3,6-7H2,1H3,(H,19,20,24). The highest BCUT2D eigenvalue weighted by Crippen LogP contribution is 2.24. The van der Waals surface area contributed by atoms with Crippen molar-refractivity contribution in [2.75, 3.05) is 7.11 Å². The summed E-state index contributed by atoms with van der Waals surface area (Å²) in [4.78, 5) is 20.8. The van der Waals surface area contributed by atoms with Crippen molar-refractivity contribution in [2.24, 2.45) is 0 Å². The molecule has 1 aliphatic rings. The Labute approximate surface area is 143 Å². The van der Waals surface area contributed by atoms with Gasteiger partial charge in [0.1, 0.15) is 11.4 Å². The molecular weight excluding hydrogens is 322 g/mol. The van der Waals surface area contributed by atoms with Crippen LogP contribution in [-0.4, -0.2) is 21.6 Å². The maximum Gasteiger partial charge on any atom is 0.268 e. The summed E-state index contributed by atoms with van der Waals surface area (Å²) in [6, 6.07) is 9.32. The van der Waals surface area contributed by atoms with Crippen LogP contribution in [0.1, 0.15) is 24.1 Å². The summed E-state index contributed by atoms with van der Waals surface area (Å²) in [5.41, 5.74) is 3.28. The molecular formula is C18H17N3O2S. The maximum atomic E-state index is 13.1. The molecule has 0 bridgehead atoms. The third-order valence-corrected chi connectivity index (χ3v) is 4.77. The van der Waals surface area contributed by atoms with Gasteiger partial charge in [0, 0.05) is 5.69 Å². The maximum absolute atomic E-state index is 13.1. The Hall–Kier alpha value is -2.47. The van der Waals surface area contributed by atoms with E-state index in [1.807, 2.05) is 30.3 Å². The molecule has 24 heavy (non-hydrogen) atoms.